The zero-order valence-corrected chi connectivity index (χ0v) is 8.31. The molecule has 88 valence electrons. The minimum absolute atomic E-state index is 0.208. The van der Waals surface area contributed by atoms with Crippen LogP contribution in [0.1, 0.15) is 18.4 Å². The molecule has 1 heterocycles. The van der Waals surface area contributed by atoms with Gasteiger partial charge in [-0.15, -0.1) is 0 Å². The van der Waals surface area contributed by atoms with E-state index in [1.807, 2.05) is 0 Å². The lowest BCUT2D eigenvalue weighted by Crippen LogP contribution is -2.54. The molecule has 0 saturated heterocycles. The summed E-state index contributed by atoms with van der Waals surface area (Å²) in [5, 5.41) is 0. The Morgan fingerprint density at radius 2 is 1.69 bits per heavy atom. The molecule has 2 N–H and O–H groups in total. The molecule has 0 aliphatic heterocycles. The molecule has 0 radical (unpaired) electrons. The van der Waals surface area contributed by atoms with Gasteiger partial charge in [-0.05, 0) is 0 Å². The zero-order valence-electron chi connectivity index (χ0n) is 8.31. The van der Waals surface area contributed by atoms with Crippen molar-refractivity contribution in [2.24, 2.45) is 5.73 Å². The van der Waals surface area contributed by atoms with Crippen LogP contribution in [0.25, 0.3) is 0 Å². The topological polar surface area (TPSA) is 38.9 Å². The van der Waals surface area contributed by atoms with Crippen LogP contribution < -0.4 is 5.73 Å². The average molecular weight is 234 g/mol. The normalized spacial score (nSPS) is 21.6. The molecule has 1 fully saturated rings. The molecule has 1 aromatic heterocycles. The van der Waals surface area contributed by atoms with E-state index in [0.29, 0.717) is 0 Å². The summed E-state index contributed by atoms with van der Waals surface area (Å²) in [5.41, 5.74) is 3.72. The van der Waals surface area contributed by atoms with E-state index >= 15 is 0 Å². The van der Waals surface area contributed by atoms with Crippen LogP contribution in [0, 0.1) is 11.6 Å². The van der Waals surface area contributed by atoms with Crippen LogP contribution in [0.15, 0.2) is 12.4 Å². The molecule has 0 aromatic carbocycles. The molecule has 0 unspecified atom stereocenters. The summed E-state index contributed by atoms with van der Waals surface area (Å²) in [4.78, 5) is 3.31. The van der Waals surface area contributed by atoms with E-state index in [4.69, 9.17) is 5.73 Å². The lowest BCUT2D eigenvalue weighted by Gasteiger charge is -2.47. The van der Waals surface area contributed by atoms with Crippen LogP contribution in [0.4, 0.5) is 17.6 Å². The van der Waals surface area contributed by atoms with Crippen LogP contribution in [0.2, 0.25) is 0 Å². The first-order valence-corrected chi connectivity index (χ1v) is 4.78. The Bertz CT molecular complexity index is 391. The number of hydrogen-bond donors (Lipinski definition) is 1. The molecule has 1 aromatic rings. The minimum atomic E-state index is -2.89. The second-order valence-electron chi connectivity index (χ2n) is 4.17. The largest absolute Gasteiger partial charge is 0.330 e. The smallest absolute Gasteiger partial charge is 0.250 e. The Morgan fingerprint density at radius 1 is 1.19 bits per heavy atom. The van der Waals surface area contributed by atoms with Crippen molar-refractivity contribution < 1.29 is 17.6 Å². The number of rotatable bonds is 2. The maximum atomic E-state index is 13.4. The Kier molecular flexibility index (Phi) is 2.41. The van der Waals surface area contributed by atoms with Crippen molar-refractivity contribution in [3.8, 4) is 0 Å². The van der Waals surface area contributed by atoms with Crippen LogP contribution >= 0.6 is 0 Å². The van der Waals surface area contributed by atoms with Crippen molar-refractivity contribution in [1.82, 2.24) is 4.98 Å². The highest BCUT2D eigenvalue weighted by Gasteiger charge is 2.58. The van der Waals surface area contributed by atoms with E-state index in [0.717, 1.165) is 12.4 Å². The monoisotopic (exact) mass is 234 g/mol. The fraction of sp³-hybridized carbons (Fsp3) is 0.500. The van der Waals surface area contributed by atoms with E-state index in [-0.39, 0.29) is 12.1 Å². The molecule has 6 heteroatoms. The summed E-state index contributed by atoms with van der Waals surface area (Å²) in [6.07, 6.45) is 0.390. The van der Waals surface area contributed by atoms with Crippen molar-refractivity contribution in [3.05, 3.63) is 29.6 Å². The van der Waals surface area contributed by atoms with Gasteiger partial charge < -0.3 is 5.73 Å². The summed E-state index contributed by atoms with van der Waals surface area (Å²) < 4.78 is 52.5. The van der Waals surface area contributed by atoms with E-state index in [2.05, 4.69) is 4.98 Å². The van der Waals surface area contributed by atoms with E-state index in [1.54, 1.807) is 0 Å². The average Bonchev–Trinajstić information content (AvgIpc) is 2.13. The van der Waals surface area contributed by atoms with Crippen LogP contribution in [-0.2, 0) is 5.41 Å². The van der Waals surface area contributed by atoms with E-state index in [9.17, 15) is 17.6 Å². The lowest BCUT2D eigenvalue weighted by molar-refractivity contribution is -0.125. The molecule has 0 atom stereocenters. The Balaban J connectivity index is 2.43. The predicted octanol–water partition coefficient (Wildman–Crippen LogP) is 1.99. The fourth-order valence-corrected chi connectivity index (χ4v) is 2.28. The molecule has 1 aliphatic rings. The third kappa shape index (κ3) is 1.57. The Labute approximate surface area is 89.5 Å². The van der Waals surface area contributed by atoms with Gasteiger partial charge in [0.05, 0.1) is 12.4 Å². The van der Waals surface area contributed by atoms with Gasteiger partial charge in [-0.1, -0.05) is 0 Å². The molecule has 0 amide bonds. The first kappa shape index (κ1) is 11.3. The molecular formula is C10H10F4N2. The van der Waals surface area contributed by atoms with Crippen molar-refractivity contribution in [2.75, 3.05) is 6.54 Å². The number of nitrogens with two attached hydrogens (primary N) is 1. The first-order valence-electron chi connectivity index (χ1n) is 4.78. The molecule has 2 nitrogen and oxygen atoms in total. The lowest BCUT2D eigenvalue weighted by atomic mass is 9.62. The summed E-state index contributed by atoms with van der Waals surface area (Å²) in [5.74, 6) is -4.72. The maximum absolute atomic E-state index is 13.4. The third-order valence-electron chi connectivity index (χ3n) is 2.97. The second-order valence-corrected chi connectivity index (χ2v) is 4.17. The van der Waals surface area contributed by atoms with Gasteiger partial charge in [0.1, 0.15) is 11.6 Å². The fourth-order valence-electron chi connectivity index (χ4n) is 2.28. The van der Waals surface area contributed by atoms with Gasteiger partial charge in [0.15, 0.2) is 0 Å². The third-order valence-corrected chi connectivity index (χ3v) is 2.97. The Morgan fingerprint density at radius 3 is 2.06 bits per heavy atom. The highest BCUT2D eigenvalue weighted by molar-refractivity contribution is 5.32. The van der Waals surface area contributed by atoms with Gasteiger partial charge in [-0.3, -0.25) is 4.98 Å². The highest BCUT2D eigenvalue weighted by atomic mass is 19.3. The van der Waals surface area contributed by atoms with E-state index < -0.39 is 35.8 Å². The maximum Gasteiger partial charge on any atom is 0.250 e. The van der Waals surface area contributed by atoms with Crippen molar-refractivity contribution in [3.63, 3.8) is 0 Å². The number of pyridine rings is 1. The molecule has 0 spiro atoms. The quantitative estimate of drug-likeness (QED) is 0.795. The number of halogens is 4. The highest BCUT2D eigenvalue weighted by Crippen LogP contribution is 2.53. The molecule has 1 saturated carbocycles. The van der Waals surface area contributed by atoms with Crippen molar-refractivity contribution >= 4 is 0 Å². The number of nitrogens with zero attached hydrogens (tertiary/aromatic N) is 1. The summed E-state index contributed by atoms with van der Waals surface area (Å²) >= 11 is 0. The van der Waals surface area contributed by atoms with Crippen LogP contribution in [0.3, 0.4) is 0 Å². The van der Waals surface area contributed by atoms with Gasteiger partial charge in [0.2, 0.25) is 5.92 Å². The minimum Gasteiger partial charge on any atom is -0.330 e. The summed E-state index contributed by atoms with van der Waals surface area (Å²) in [6, 6.07) is 0. The van der Waals surface area contributed by atoms with Gasteiger partial charge in [0.25, 0.3) is 0 Å². The summed E-state index contributed by atoms with van der Waals surface area (Å²) in [7, 11) is 0. The predicted molar refractivity (Wildman–Crippen MR) is 49.1 cm³/mol. The van der Waals surface area contributed by atoms with Crippen LogP contribution in [-0.4, -0.2) is 17.5 Å². The molecule has 1 aliphatic carbocycles. The molecular weight excluding hydrogens is 224 g/mol. The van der Waals surface area contributed by atoms with Crippen molar-refractivity contribution in [2.45, 2.75) is 24.2 Å². The molecule has 16 heavy (non-hydrogen) atoms. The van der Waals surface area contributed by atoms with Crippen LogP contribution in [0.5, 0.6) is 0 Å². The van der Waals surface area contributed by atoms with Gasteiger partial charge >= 0.3 is 0 Å². The standard InChI is InChI=1S/C10H10F4N2/c11-6-1-16-2-7(12)8(6)9(5-15)3-10(13,14)4-9/h1-2H,3-5,15H2. The Hall–Kier alpha value is -1.17. The number of aromatic nitrogens is 1. The second kappa shape index (κ2) is 3.41. The van der Waals surface area contributed by atoms with Gasteiger partial charge in [0, 0.05) is 30.4 Å². The summed E-state index contributed by atoms with van der Waals surface area (Å²) in [6.45, 7) is -0.208. The van der Waals surface area contributed by atoms with Crippen molar-refractivity contribution in [1.29, 1.82) is 0 Å². The van der Waals surface area contributed by atoms with E-state index in [1.165, 1.54) is 0 Å². The number of alkyl halides is 2. The first-order chi connectivity index (χ1) is 7.40. The molecule has 2 rings (SSSR count). The number of hydrogen-bond acceptors (Lipinski definition) is 2. The van der Waals surface area contributed by atoms with Gasteiger partial charge in [-0.2, -0.15) is 0 Å². The molecule has 0 bridgehead atoms. The zero-order chi connectivity index (χ0) is 12.0. The van der Waals surface area contributed by atoms with Gasteiger partial charge in [-0.25, -0.2) is 17.6 Å². The SMILES string of the molecule is NCC1(c2c(F)cncc2F)CC(F)(F)C1.